The first-order chi connectivity index (χ1) is 13.2. The first-order valence-electron chi connectivity index (χ1n) is 9.41. The van der Waals surface area contributed by atoms with E-state index in [9.17, 15) is 9.59 Å². The monoisotopic (exact) mass is 364 g/mol. The third kappa shape index (κ3) is 3.35. The molecular weight excluding hydrogens is 340 g/mol. The van der Waals surface area contributed by atoms with Gasteiger partial charge in [0, 0.05) is 18.5 Å². The van der Waals surface area contributed by atoms with E-state index in [0.29, 0.717) is 13.0 Å². The molecule has 0 aliphatic carbocycles. The van der Waals surface area contributed by atoms with Crippen LogP contribution in [0.15, 0.2) is 60.7 Å². The Labute approximate surface area is 159 Å². The number of fused-ring (bicyclic) bond motifs is 1. The number of amides is 1. The Balaban J connectivity index is 1.61. The van der Waals surface area contributed by atoms with Crippen LogP contribution in [0.25, 0.3) is 0 Å². The number of carbonyl (C=O) groups excluding carboxylic acids is 2. The quantitative estimate of drug-likeness (QED) is 0.845. The van der Waals surface area contributed by atoms with E-state index in [4.69, 9.17) is 4.74 Å². The smallest absolute Gasteiger partial charge is 0.329 e. The Morgan fingerprint density at radius 3 is 2.44 bits per heavy atom. The molecule has 2 saturated heterocycles. The minimum absolute atomic E-state index is 0.0102. The van der Waals surface area contributed by atoms with Gasteiger partial charge in [0.2, 0.25) is 5.91 Å². The third-order valence-corrected chi connectivity index (χ3v) is 5.71. The summed E-state index contributed by atoms with van der Waals surface area (Å²) in [5.41, 5.74) is 2.19. The number of nitrogens with zero attached hydrogens (tertiary/aromatic N) is 1. The summed E-state index contributed by atoms with van der Waals surface area (Å²) in [5.74, 6) is -0.381. The maximum atomic E-state index is 13.3. The average Bonchev–Trinajstić information content (AvgIpc) is 3.11. The van der Waals surface area contributed by atoms with E-state index in [1.807, 2.05) is 60.7 Å². The van der Waals surface area contributed by atoms with Crippen LogP contribution in [0.5, 0.6) is 0 Å². The van der Waals surface area contributed by atoms with Gasteiger partial charge in [-0.25, -0.2) is 4.79 Å². The van der Waals surface area contributed by atoms with Gasteiger partial charge in [-0.15, -0.1) is 0 Å². The highest BCUT2D eigenvalue weighted by molar-refractivity contribution is 5.90. The Morgan fingerprint density at radius 1 is 1.11 bits per heavy atom. The predicted molar refractivity (Wildman–Crippen MR) is 102 cm³/mol. The zero-order valence-corrected chi connectivity index (χ0v) is 15.4. The molecule has 0 radical (unpaired) electrons. The van der Waals surface area contributed by atoms with Gasteiger partial charge in [-0.05, 0) is 24.0 Å². The molecule has 2 aliphatic rings. The van der Waals surface area contributed by atoms with Crippen molar-refractivity contribution in [2.24, 2.45) is 0 Å². The highest BCUT2D eigenvalue weighted by Crippen LogP contribution is 2.39. The van der Waals surface area contributed by atoms with Crippen LogP contribution in [0, 0.1) is 0 Å². The van der Waals surface area contributed by atoms with E-state index in [1.54, 1.807) is 4.90 Å². The van der Waals surface area contributed by atoms with Gasteiger partial charge in [0.25, 0.3) is 0 Å². The van der Waals surface area contributed by atoms with Crippen molar-refractivity contribution in [2.45, 2.75) is 36.9 Å². The number of nitrogens with one attached hydrogen (secondary N) is 1. The number of carbonyl (C=O) groups is 2. The lowest BCUT2D eigenvalue weighted by atomic mass is 9.90. The minimum Gasteiger partial charge on any atom is -0.467 e. The molecule has 5 heteroatoms. The van der Waals surface area contributed by atoms with Crippen LogP contribution in [-0.2, 0) is 20.7 Å². The summed E-state index contributed by atoms with van der Waals surface area (Å²) in [7, 11) is 1.39. The molecule has 2 aliphatic heterocycles. The third-order valence-electron chi connectivity index (χ3n) is 5.71. The molecule has 2 aromatic rings. The molecule has 0 unspecified atom stereocenters. The van der Waals surface area contributed by atoms with Gasteiger partial charge in [0.1, 0.15) is 6.04 Å². The van der Waals surface area contributed by atoms with Crippen LogP contribution < -0.4 is 5.32 Å². The van der Waals surface area contributed by atoms with Gasteiger partial charge >= 0.3 is 5.97 Å². The number of hydrogen-bond acceptors (Lipinski definition) is 4. The fourth-order valence-corrected chi connectivity index (χ4v) is 4.43. The van der Waals surface area contributed by atoms with Crippen LogP contribution in [0.4, 0.5) is 0 Å². The molecule has 5 nitrogen and oxygen atoms in total. The lowest BCUT2D eigenvalue weighted by Gasteiger charge is -2.38. The first kappa shape index (κ1) is 17.7. The normalized spacial score (nSPS) is 27.3. The van der Waals surface area contributed by atoms with Crippen molar-refractivity contribution in [1.82, 2.24) is 10.2 Å². The second kappa shape index (κ2) is 7.53. The Morgan fingerprint density at radius 2 is 1.78 bits per heavy atom. The molecule has 0 spiro atoms. The zero-order valence-electron chi connectivity index (χ0n) is 15.4. The molecule has 140 valence electrons. The summed E-state index contributed by atoms with van der Waals surface area (Å²) in [6, 6.07) is 19.1. The molecule has 27 heavy (non-hydrogen) atoms. The number of benzene rings is 2. The minimum atomic E-state index is -0.560. The van der Waals surface area contributed by atoms with Gasteiger partial charge < -0.3 is 15.0 Å². The Kier molecular flexibility index (Phi) is 4.94. The van der Waals surface area contributed by atoms with Crippen LogP contribution in [0.1, 0.15) is 23.5 Å². The van der Waals surface area contributed by atoms with Gasteiger partial charge in [0.05, 0.1) is 13.2 Å². The highest BCUT2D eigenvalue weighted by atomic mass is 16.5. The molecule has 1 N–H and O–H groups in total. The van der Waals surface area contributed by atoms with E-state index < -0.39 is 6.04 Å². The number of ether oxygens (including phenoxy) is 1. The molecule has 2 heterocycles. The van der Waals surface area contributed by atoms with Crippen molar-refractivity contribution < 1.29 is 14.3 Å². The maximum absolute atomic E-state index is 13.3. The van der Waals surface area contributed by atoms with Crippen molar-refractivity contribution in [3.8, 4) is 0 Å². The second-order valence-electron chi connectivity index (χ2n) is 7.27. The summed E-state index contributed by atoms with van der Waals surface area (Å²) in [6.45, 7) is 0.695. The van der Waals surface area contributed by atoms with Crippen LogP contribution in [0.2, 0.25) is 0 Å². The Bertz CT molecular complexity index is 809. The summed E-state index contributed by atoms with van der Waals surface area (Å²) in [5, 5.41) is 3.39. The Hall–Kier alpha value is -2.66. The van der Waals surface area contributed by atoms with Gasteiger partial charge in [-0.1, -0.05) is 60.7 Å². The summed E-state index contributed by atoms with van der Waals surface area (Å²) in [6.07, 6.45) is 1.38. The molecule has 4 rings (SSSR count). The summed E-state index contributed by atoms with van der Waals surface area (Å²) in [4.78, 5) is 27.7. The van der Waals surface area contributed by atoms with Crippen molar-refractivity contribution in [3.05, 3.63) is 71.8 Å². The fraction of sp³-hybridized carbons (Fsp3) is 0.364. The second-order valence-corrected chi connectivity index (χ2v) is 7.27. The van der Waals surface area contributed by atoms with Crippen molar-refractivity contribution in [1.29, 1.82) is 0 Å². The number of rotatable bonds is 4. The maximum Gasteiger partial charge on any atom is 0.329 e. The van der Waals surface area contributed by atoms with E-state index in [2.05, 4.69) is 5.32 Å². The SMILES string of the molecule is COC(=O)[C@@H]1[C@@H](c2ccccc2)C[C@H]2CN[C@@H](Cc3ccccc3)C(=O)N21. The molecule has 4 atom stereocenters. The van der Waals surface area contributed by atoms with Gasteiger partial charge in [-0.3, -0.25) is 4.79 Å². The number of hydrogen-bond donors (Lipinski definition) is 1. The van der Waals surface area contributed by atoms with Crippen LogP contribution in [-0.4, -0.2) is 48.6 Å². The van der Waals surface area contributed by atoms with E-state index >= 15 is 0 Å². The van der Waals surface area contributed by atoms with E-state index in [0.717, 1.165) is 17.5 Å². The largest absolute Gasteiger partial charge is 0.467 e. The van der Waals surface area contributed by atoms with Crippen LogP contribution >= 0.6 is 0 Å². The van der Waals surface area contributed by atoms with Crippen molar-refractivity contribution >= 4 is 11.9 Å². The van der Waals surface area contributed by atoms with E-state index in [1.165, 1.54) is 7.11 Å². The molecule has 0 bridgehead atoms. The molecular formula is C22H24N2O3. The standard InChI is InChI=1S/C22H24N2O3/c1-27-22(26)20-18(16-10-6-3-7-11-16)13-17-14-23-19(21(25)24(17)20)12-15-8-4-2-5-9-15/h2-11,17-20,23H,12-14H2,1H3/t17-,18+,19-,20-/m0/s1. The zero-order chi connectivity index (χ0) is 18.8. The van der Waals surface area contributed by atoms with Gasteiger partial charge in [0.15, 0.2) is 0 Å². The summed E-state index contributed by atoms with van der Waals surface area (Å²) < 4.78 is 5.08. The first-order valence-corrected chi connectivity index (χ1v) is 9.41. The number of esters is 1. The highest BCUT2D eigenvalue weighted by Gasteiger charge is 2.51. The molecule has 2 fully saturated rings. The van der Waals surface area contributed by atoms with E-state index in [-0.39, 0.29) is 29.9 Å². The van der Waals surface area contributed by atoms with Gasteiger partial charge in [-0.2, -0.15) is 0 Å². The molecule has 0 aromatic heterocycles. The number of piperazine rings is 1. The predicted octanol–water partition coefficient (Wildman–Crippen LogP) is 2.13. The topological polar surface area (TPSA) is 58.6 Å². The summed E-state index contributed by atoms with van der Waals surface area (Å²) >= 11 is 0. The van der Waals surface area contributed by atoms with Crippen molar-refractivity contribution in [3.63, 3.8) is 0 Å². The lowest BCUT2D eigenvalue weighted by Crippen LogP contribution is -2.61. The van der Waals surface area contributed by atoms with Crippen molar-refractivity contribution in [2.75, 3.05) is 13.7 Å². The molecule has 1 amide bonds. The molecule has 2 aromatic carbocycles. The lowest BCUT2D eigenvalue weighted by molar-refractivity contribution is -0.154. The number of methoxy groups -OCH3 is 1. The molecule has 0 saturated carbocycles. The average molecular weight is 364 g/mol. The fourth-order valence-electron chi connectivity index (χ4n) is 4.43. The van der Waals surface area contributed by atoms with Crippen LogP contribution in [0.3, 0.4) is 0 Å².